The Kier molecular flexibility index (Phi) is 7.23. The molecule has 0 saturated heterocycles. The van der Waals surface area contributed by atoms with Gasteiger partial charge in [-0.1, -0.05) is 32.9 Å². The van der Waals surface area contributed by atoms with Crippen LogP contribution in [0.4, 0.5) is 4.79 Å². The van der Waals surface area contributed by atoms with Crippen LogP contribution in [0.1, 0.15) is 39.2 Å². The predicted octanol–water partition coefficient (Wildman–Crippen LogP) is 1.88. The van der Waals surface area contributed by atoms with E-state index in [-0.39, 0.29) is 11.8 Å². The second-order valence-corrected chi connectivity index (χ2v) is 6.30. The molecule has 7 heteroatoms. The SMILES string of the molecule is CC(C)(C)c1ccc(OCCCC(=O)OCC(=O)NC(N)=O)cc1. The van der Waals surface area contributed by atoms with Gasteiger partial charge in [0.1, 0.15) is 5.75 Å². The van der Waals surface area contributed by atoms with Crippen molar-refractivity contribution < 1.29 is 23.9 Å². The molecular weight excluding hydrogens is 312 g/mol. The van der Waals surface area contributed by atoms with Gasteiger partial charge in [0.2, 0.25) is 0 Å². The normalized spacial score (nSPS) is 10.8. The molecule has 7 nitrogen and oxygen atoms in total. The minimum atomic E-state index is -0.984. The Morgan fingerprint density at radius 2 is 1.75 bits per heavy atom. The second-order valence-electron chi connectivity index (χ2n) is 6.30. The molecule has 24 heavy (non-hydrogen) atoms. The molecular formula is C17H24N2O5. The number of nitrogens with two attached hydrogens (primary N) is 1. The third-order valence-corrected chi connectivity index (χ3v) is 3.14. The Morgan fingerprint density at radius 1 is 1.12 bits per heavy atom. The van der Waals surface area contributed by atoms with Crippen molar-refractivity contribution in [2.24, 2.45) is 5.73 Å². The summed E-state index contributed by atoms with van der Waals surface area (Å²) in [7, 11) is 0. The van der Waals surface area contributed by atoms with Crippen molar-refractivity contribution in [1.82, 2.24) is 5.32 Å². The molecule has 0 saturated carbocycles. The molecule has 0 fully saturated rings. The summed E-state index contributed by atoms with van der Waals surface area (Å²) in [4.78, 5) is 32.9. The number of hydrogen-bond donors (Lipinski definition) is 2. The van der Waals surface area contributed by atoms with Crippen LogP contribution < -0.4 is 15.8 Å². The number of imide groups is 1. The highest BCUT2D eigenvalue weighted by molar-refractivity contribution is 5.94. The van der Waals surface area contributed by atoms with Crippen molar-refractivity contribution in [2.45, 2.75) is 39.0 Å². The van der Waals surface area contributed by atoms with Crippen molar-refractivity contribution in [3.63, 3.8) is 0 Å². The van der Waals surface area contributed by atoms with Gasteiger partial charge in [-0.2, -0.15) is 0 Å². The highest BCUT2D eigenvalue weighted by atomic mass is 16.5. The van der Waals surface area contributed by atoms with E-state index >= 15 is 0 Å². The Morgan fingerprint density at radius 3 is 2.29 bits per heavy atom. The number of carbonyl (C=O) groups excluding carboxylic acids is 3. The van der Waals surface area contributed by atoms with E-state index in [0.717, 1.165) is 5.75 Å². The van der Waals surface area contributed by atoms with Crippen LogP contribution in [0, 0.1) is 0 Å². The molecule has 1 aromatic rings. The highest BCUT2D eigenvalue weighted by Gasteiger charge is 2.13. The number of urea groups is 1. The molecule has 0 radical (unpaired) electrons. The molecule has 3 N–H and O–H groups in total. The molecule has 0 unspecified atom stereocenters. The van der Waals surface area contributed by atoms with Gasteiger partial charge in [0.15, 0.2) is 6.61 Å². The Hall–Kier alpha value is -2.57. The Labute approximate surface area is 141 Å². The van der Waals surface area contributed by atoms with Crippen LogP contribution in [-0.4, -0.2) is 31.1 Å². The number of nitrogens with one attached hydrogen (secondary N) is 1. The molecule has 0 aliphatic heterocycles. The third-order valence-electron chi connectivity index (χ3n) is 3.14. The number of esters is 1. The first kappa shape index (κ1) is 19.5. The first-order valence-electron chi connectivity index (χ1n) is 7.67. The Bertz CT molecular complexity index is 576. The summed E-state index contributed by atoms with van der Waals surface area (Å²) >= 11 is 0. The lowest BCUT2D eigenvalue weighted by Crippen LogP contribution is -2.37. The number of rotatable bonds is 7. The standard InChI is InChI=1S/C17H24N2O5/c1-17(2,3)12-6-8-13(9-7-12)23-10-4-5-15(21)24-11-14(20)19-16(18)22/h6-9H,4-5,10-11H2,1-3H3,(H3,18,19,20,22). The second kappa shape index (κ2) is 8.90. The maximum Gasteiger partial charge on any atom is 0.318 e. The van der Waals surface area contributed by atoms with Gasteiger partial charge in [0, 0.05) is 6.42 Å². The molecule has 0 bridgehead atoms. The van der Waals surface area contributed by atoms with E-state index < -0.39 is 24.5 Å². The first-order chi connectivity index (χ1) is 11.2. The summed E-state index contributed by atoms with van der Waals surface area (Å²) in [6, 6.07) is 6.84. The fourth-order valence-corrected chi connectivity index (χ4v) is 1.85. The van der Waals surface area contributed by atoms with Crippen molar-refractivity contribution in [2.75, 3.05) is 13.2 Å². The molecule has 0 aliphatic carbocycles. The van der Waals surface area contributed by atoms with Gasteiger partial charge in [-0.25, -0.2) is 4.79 Å². The zero-order chi connectivity index (χ0) is 18.2. The van der Waals surface area contributed by atoms with Crippen LogP contribution in [0.5, 0.6) is 5.75 Å². The largest absolute Gasteiger partial charge is 0.494 e. The first-order valence-corrected chi connectivity index (χ1v) is 7.67. The number of ether oxygens (including phenoxy) is 2. The van der Waals surface area contributed by atoms with Crippen LogP contribution in [0.15, 0.2) is 24.3 Å². The Balaban J connectivity index is 2.22. The van der Waals surface area contributed by atoms with Gasteiger partial charge >= 0.3 is 12.0 Å². The van der Waals surface area contributed by atoms with Crippen molar-refractivity contribution >= 4 is 17.9 Å². The highest BCUT2D eigenvalue weighted by Crippen LogP contribution is 2.24. The summed E-state index contributed by atoms with van der Waals surface area (Å²) in [5.41, 5.74) is 6.06. The van der Waals surface area contributed by atoms with Crippen LogP contribution in [0.25, 0.3) is 0 Å². The van der Waals surface area contributed by atoms with E-state index in [2.05, 4.69) is 20.8 Å². The van der Waals surface area contributed by atoms with Crippen LogP contribution >= 0.6 is 0 Å². The molecule has 0 atom stereocenters. The average Bonchev–Trinajstić information content (AvgIpc) is 2.48. The molecule has 0 aliphatic rings. The van der Waals surface area contributed by atoms with Gasteiger partial charge in [-0.05, 0) is 29.5 Å². The van der Waals surface area contributed by atoms with Crippen molar-refractivity contribution in [3.8, 4) is 5.75 Å². The average molecular weight is 336 g/mol. The maximum atomic E-state index is 11.4. The van der Waals surface area contributed by atoms with E-state index in [1.54, 1.807) is 5.32 Å². The van der Waals surface area contributed by atoms with Crippen molar-refractivity contribution in [1.29, 1.82) is 0 Å². The minimum Gasteiger partial charge on any atom is -0.494 e. The van der Waals surface area contributed by atoms with E-state index in [9.17, 15) is 14.4 Å². The number of carbonyl (C=O) groups is 3. The van der Waals surface area contributed by atoms with Crippen LogP contribution in [-0.2, 0) is 19.7 Å². The van der Waals surface area contributed by atoms with Gasteiger partial charge in [-0.3, -0.25) is 14.9 Å². The summed E-state index contributed by atoms with van der Waals surface area (Å²) in [6.07, 6.45) is 0.571. The molecule has 3 amide bonds. The molecule has 0 spiro atoms. The predicted molar refractivity (Wildman–Crippen MR) is 88.6 cm³/mol. The third kappa shape index (κ3) is 7.62. The monoisotopic (exact) mass is 336 g/mol. The zero-order valence-corrected chi connectivity index (χ0v) is 14.3. The zero-order valence-electron chi connectivity index (χ0n) is 14.3. The van der Waals surface area contributed by atoms with Gasteiger partial charge in [0.25, 0.3) is 5.91 Å². The topological polar surface area (TPSA) is 108 Å². The molecule has 0 heterocycles. The maximum absolute atomic E-state index is 11.4. The van der Waals surface area contributed by atoms with Crippen molar-refractivity contribution in [3.05, 3.63) is 29.8 Å². The lowest BCUT2D eigenvalue weighted by molar-refractivity contribution is -0.148. The fraction of sp³-hybridized carbons (Fsp3) is 0.471. The smallest absolute Gasteiger partial charge is 0.318 e. The number of amides is 3. The molecule has 1 aromatic carbocycles. The summed E-state index contributed by atoms with van der Waals surface area (Å²) in [5.74, 6) is -0.565. The van der Waals surface area contributed by atoms with E-state index in [4.69, 9.17) is 15.2 Å². The van der Waals surface area contributed by atoms with Gasteiger partial charge in [0.05, 0.1) is 6.61 Å². The van der Waals surface area contributed by atoms with E-state index in [0.29, 0.717) is 13.0 Å². The molecule has 0 aromatic heterocycles. The van der Waals surface area contributed by atoms with E-state index in [1.807, 2.05) is 24.3 Å². The molecule has 132 valence electrons. The quantitative estimate of drug-likeness (QED) is 0.584. The number of benzene rings is 1. The summed E-state index contributed by atoms with van der Waals surface area (Å²) in [6.45, 7) is 6.24. The minimum absolute atomic E-state index is 0.0864. The lowest BCUT2D eigenvalue weighted by atomic mass is 9.87. The summed E-state index contributed by atoms with van der Waals surface area (Å²) in [5, 5.41) is 1.80. The van der Waals surface area contributed by atoms with Crippen LogP contribution in [0.3, 0.4) is 0 Å². The number of primary amides is 1. The lowest BCUT2D eigenvalue weighted by Gasteiger charge is -2.19. The summed E-state index contributed by atoms with van der Waals surface area (Å²) < 4.78 is 10.2. The van der Waals surface area contributed by atoms with E-state index in [1.165, 1.54) is 5.56 Å². The van der Waals surface area contributed by atoms with Crippen LogP contribution in [0.2, 0.25) is 0 Å². The number of hydrogen-bond acceptors (Lipinski definition) is 5. The fourth-order valence-electron chi connectivity index (χ4n) is 1.85. The van der Waals surface area contributed by atoms with Gasteiger partial charge < -0.3 is 15.2 Å². The van der Waals surface area contributed by atoms with Gasteiger partial charge in [-0.15, -0.1) is 0 Å². The molecule has 1 rings (SSSR count).